The van der Waals surface area contributed by atoms with E-state index in [1.807, 2.05) is 26.0 Å². The van der Waals surface area contributed by atoms with Gasteiger partial charge in [0.25, 0.3) is 0 Å². The molecule has 18 heavy (non-hydrogen) atoms. The number of benzene rings is 1. The summed E-state index contributed by atoms with van der Waals surface area (Å²) in [5.74, 6) is -0.384. The minimum atomic E-state index is -1.02. The van der Waals surface area contributed by atoms with Gasteiger partial charge in [-0.05, 0) is 49.6 Å². The summed E-state index contributed by atoms with van der Waals surface area (Å²) in [4.78, 5) is 4.14. The fourth-order valence-corrected chi connectivity index (χ4v) is 2.19. The van der Waals surface area contributed by atoms with Crippen LogP contribution in [0.5, 0.6) is 0 Å². The summed E-state index contributed by atoms with van der Waals surface area (Å²) in [6.07, 6.45) is 0.583. The van der Waals surface area contributed by atoms with Gasteiger partial charge in [-0.3, -0.25) is 4.98 Å². The zero-order valence-electron chi connectivity index (χ0n) is 10.7. The number of aromatic nitrogens is 1. The molecule has 0 radical (unpaired) electrons. The van der Waals surface area contributed by atoms with E-state index in [0.717, 1.165) is 16.7 Å². The van der Waals surface area contributed by atoms with Gasteiger partial charge in [0.05, 0.1) is 5.69 Å². The number of hydrogen-bond acceptors (Lipinski definition) is 2. The van der Waals surface area contributed by atoms with Crippen molar-refractivity contribution in [2.45, 2.75) is 26.9 Å². The molecule has 94 valence electrons. The van der Waals surface area contributed by atoms with Crippen LogP contribution in [0, 0.1) is 26.6 Å². The smallest absolute Gasteiger partial charge is 0.129 e. The fraction of sp³-hybridized carbons (Fsp3) is 0.267. The van der Waals surface area contributed by atoms with Gasteiger partial charge in [0.1, 0.15) is 11.9 Å². The summed E-state index contributed by atoms with van der Waals surface area (Å²) >= 11 is 0. The zero-order valence-corrected chi connectivity index (χ0v) is 10.7. The third-order valence-electron chi connectivity index (χ3n) is 3.06. The molecule has 0 bridgehead atoms. The molecule has 3 heteroatoms. The van der Waals surface area contributed by atoms with Gasteiger partial charge in [-0.1, -0.05) is 12.1 Å². The predicted octanol–water partition coefficient (Wildman–Crippen LogP) is 3.23. The van der Waals surface area contributed by atoms with E-state index in [1.165, 1.54) is 6.07 Å². The van der Waals surface area contributed by atoms with Crippen molar-refractivity contribution in [3.05, 3.63) is 64.2 Å². The van der Waals surface area contributed by atoms with Crippen molar-refractivity contribution in [2.24, 2.45) is 0 Å². The molecule has 1 heterocycles. The monoisotopic (exact) mass is 245 g/mol. The Morgan fingerprint density at radius 2 is 1.89 bits per heavy atom. The van der Waals surface area contributed by atoms with Crippen molar-refractivity contribution in [3.63, 3.8) is 0 Å². The molecule has 0 saturated carbocycles. The van der Waals surface area contributed by atoms with Crippen molar-refractivity contribution >= 4 is 0 Å². The lowest BCUT2D eigenvalue weighted by molar-refractivity contribution is 0.208. The van der Waals surface area contributed by atoms with Crippen LogP contribution in [0.15, 0.2) is 30.5 Å². The van der Waals surface area contributed by atoms with E-state index >= 15 is 0 Å². The molecule has 1 atom stereocenters. The number of hydrogen-bond donors (Lipinski definition) is 1. The Labute approximate surface area is 106 Å². The minimum Gasteiger partial charge on any atom is -0.382 e. The topological polar surface area (TPSA) is 33.1 Å². The van der Waals surface area contributed by atoms with E-state index in [2.05, 4.69) is 4.98 Å². The molecule has 1 unspecified atom stereocenters. The molecule has 0 spiro atoms. The SMILES string of the molecule is Cc1cc(C)c(C(O)c2ncccc2C)c(F)c1. The molecule has 2 nitrogen and oxygen atoms in total. The van der Waals surface area contributed by atoms with Gasteiger partial charge >= 0.3 is 0 Å². The van der Waals surface area contributed by atoms with Gasteiger partial charge in [0, 0.05) is 11.8 Å². The Kier molecular flexibility index (Phi) is 3.43. The van der Waals surface area contributed by atoms with E-state index < -0.39 is 6.10 Å². The average molecular weight is 245 g/mol. The number of pyridine rings is 1. The first-order valence-corrected chi connectivity index (χ1v) is 5.87. The van der Waals surface area contributed by atoms with E-state index in [9.17, 15) is 9.50 Å². The van der Waals surface area contributed by atoms with Crippen molar-refractivity contribution in [1.29, 1.82) is 0 Å². The first-order valence-electron chi connectivity index (χ1n) is 5.87. The van der Waals surface area contributed by atoms with Crippen LogP contribution in [-0.4, -0.2) is 10.1 Å². The molecule has 1 aromatic carbocycles. The van der Waals surface area contributed by atoms with Crippen LogP contribution in [0.3, 0.4) is 0 Å². The molecule has 2 aromatic rings. The second kappa shape index (κ2) is 4.86. The number of aliphatic hydroxyl groups is 1. The molecule has 0 saturated heterocycles. The van der Waals surface area contributed by atoms with E-state index in [0.29, 0.717) is 11.3 Å². The summed E-state index contributed by atoms with van der Waals surface area (Å²) in [7, 11) is 0. The molecule has 0 aliphatic carbocycles. The number of rotatable bonds is 2. The van der Waals surface area contributed by atoms with Gasteiger partial charge in [0.15, 0.2) is 0 Å². The molecule has 0 fully saturated rings. The third-order valence-corrected chi connectivity index (χ3v) is 3.06. The predicted molar refractivity (Wildman–Crippen MR) is 68.9 cm³/mol. The van der Waals surface area contributed by atoms with Gasteiger partial charge in [-0.25, -0.2) is 4.39 Å². The Hall–Kier alpha value is -1.74. The average Bonchev–Trinajstić information content (AvgIpc) is 2.27. The van der Waals surface area contributed by atoms with Crippen molar-refractivity contribution in [1.82, 2.24) is 4.98 Å². The summed E-state index contributed by atoms with van der Waals surface area (Å²) in [6.45, 7) is 5.48. The second-order valence-electron chi connectivity index (χ2n) is 4.59. The minimum absolute atomic E-state index is 0.308. The van der Waals surface area contributed by atoms with Crippen LogP contribution in [0.2, 0.25) is 0 Å². The van der Waals surface area contributed by atoms with Gasteiger partial charge < -0.3 is 5.11 Å². The summed E-state index contributed by atoms with van der Waals surface area (Å²) in [5.41, 5.74) is 3.25. The first-order chi connectivity index (χ1) is 8.50. The summed E-state index contributed by atoms with van der Waals surface area (Å²) in [6, 6.07) is 6.95. The van der Waals surface area contributed by atoms with Crippen LogP contribution in [0.25, 0.3) is 0 Å². The third kappa shape index (κ3) is 2.27. The highest BCUT2D eigenvalue weighted by molar-refractivity contribution is 5.38. The van der Waals surface area contributed by atoms with E-state index in [4.69, 9.17) is 0 Å². The molecular formula is C15H16FNO. The molecule has 1 aromatic heterocycles. The lowest BCUT2D eigenvalue weighted by Gasteiger charge is -2.16. The first kappa shape index (κ1) is 12.7. The van der Waals surface area contributed by atoms with Crippen LogP contribution in [0.4, 0.5) is 4.39 Å². The normalized spacial score (nSPS) is 12.5. The number of aryl methyl sites for hydroxylation is 3. The second-order valence-corrected chi connectivity index (χ2v) is 4.59. The Bertz CT molecular complexity index is 557. The van der Waals surface area contributed by atoms with Gasteiger partial charge in [0.2, 0.25) is 0 Å². The molecule has 0 amide bonds. The Morgan fingerprint density at radius 1 is 1.17 bits per heavy atom. The zero-order chi connectivity index (χ0) is 13.3. The Balaban J connectivity index is 2.53. The number of aliphatic hydroxyl groups excluding tert-OH is 1. The maximum Gasteiger partial charge on any atom is 0.129 e. The van der Waals surface area contributed by atoms with Gasteiger partial charge in [-0.15, -0.1) is 0 Å². The van der Waals surface area contributed by atoms with E-state index in [-0.39, 0.29) is 5.82 Å². The maximum absolute atomic E-state index is 14.0. The maximum atomic E-state index is 14.0. The molecule has 0 aliphatic heterocycles. The standard InChI is InChI=1S/C15H16FNO/c1-9-7-11(3)13(12(16)8-9)15(18)14-10(2)5-4-6-17-14/h4-8,15,18H,1-3H3. The van der Waals surface area contributed by atoms with Crippen molar-refractivity contribution in [3.8, 4) is 0 Å². The van der Waals surface area contributed by atoms with Gasteiger partial charge in [-0.2, -0.15) is 0 Å². The number of halogens is 1. The van der Waals surface area contributed by atoms with E-state index in [1.54, 1.807) is 19.2 Å². The van der Waals surface area contributed by atoms with Crippen LogP contribution >= 0.6 is 0 Å². The Morgan fingerprint density at radius 3 is 2.50 bits per heavy atom. The summed E-state index contributed by atoms with van der Waals surface area (Å²) in [5, 5.41) is 10.3. The highest BCUT2D eigenvalue weighted by Crippen LogP contribution is 2.28. The van der Waals surface area contributed by atoms with Crippen LogP contribution < -0.4 is 0 Å². The fourth-order valence-electron chi connectivity index (χ4n) is 2.19. The highest BCUT2D eigenvalue weighted by atomic mass is 19.1. The molecule has 1 N–H and O–H groups in total. The lowest BCUT2D eigenvalue weighted by atomic mass is 9.96. The van der Waals surface area contributed by atoms with Crippen LogP contribution in [0.1, 0.15) is 34.1 Å². The van der Waals surface area contributed by atoms with Crippen molar-refractivity contribution in [2.75, 3.05) is 0 Å². The quantitative estimate of drug-likeness (QED) is 0.881. The van der Waals surface area contributed by atoms with Crippen LogP contribution in [-0.2, 0) is 0 Å². The molecule has 2 rings (SSSR count). The number of nitrogens with zero attached hydrogens (tertiary/aromatic N) is 1. The lowest BCUT2D eigenvalue weighted by Crippen LogP contribution is -2.09. The largest absolute Gasteiger partial charge is 0.382 e. The van der Waals surface area contributed by atoms with Crippen molar-refractivity contribution < 1.29 is 9.50 Å². The highest BCUT2D eigenvalue weighted by Gasteiger charge is 2.20. The summed E-state index contributed by atoms with van der Waals surface area (Å²) < 4.78 is 14.0. The molecular weight excluding hydrogens is 229 g/mol. The molecule has 0 aliphatic rings.